The first-order chi connectivity index (χ1) is 15.2. The van der Waals surface area contributed by atoms with Crippen molar-refractivity contribution in [2.45, 2.75) is 31.2 Å². The lowest BCUT2D eigenvalue weighted by atomic mass is 10.1. The van der Waals surface area contributed by atoms with E-state index in [-0.39, 0.29) is 26.7 Å². The van der Waals surface area contributed by atoms with Crippen LogP contribution in [0.2, 0.25) is 10.0 Å². The van der Waals surface area contributed by atoms with Crippen LogP contribution in [0.1, 0.15) is 31.0 Å². The van der Waals surface area contributed by atoms with Crippen LogP contribution in [0.3, 0.4) is 0 Å². The lowest BCUT2D eigenvalue weighted by Crippen LogP contribution is -2.41. The quantitative estimate of drug-likeness (QED) is 0.444. The van der Waals surface area contributed by atoms with E-state index in [2.05, 4.69) is 12.2 Å². The lowest BCUT2D eigenvalue weighted by molar-refractivity contribution is -0.120. The second kappa shape index (κ2) is 10.4. The molecule has 0 aliphatic carbocycles. The highest BCUT2D eigenvalue weighted by molar-refractivity contribution is 7.92. The van der Waals surface area contributed by atoms with Gasteiger partial charge in [0.1, 0.15) is 6.54 Å². The Bertz CT molecular complexity index is 1160. The second-order valence-electron chi connectivity index (χ2n) is 7.34. The number of hydrogen-bond acceptors (Lipinski definition) is 3. The van der Waals surface area contributed by atoms with E-state index in [1.807, 2.05) is 31.2 Å². The summed E-state index contributed by atoms with van der Waals surface area (Å²) < 4.78 is 27.8. The number of rotatable bonds is 8. The molecule has 168 valence electrons. The molecule has 1 amide bonds. The number of hydrogen-bond donors (Lipinski definition) is 1. The van der Waals surface area contributed by atoms with E-state index < -0.39 is 22.5 Å². The summed E-state index contributed by atoms with van der Waals surface area (Å²) in [5.41, 5.74) is 2.34. The molecule has 8 heteroatoms. The molecule has 32 heavy (non-hydrogen) atoms. The number of halogens is 2. The topological polar surface area (TPSA) is 66.5 Å². The minimum Gasteiger partial charge on any atom is -0.348 e. The number of nitrogens with zero attached hydrogens (tertiary/aromatic N) is 1. The van der Waals surface area contributed by atoms with E-state index in [9.17, 15) is 13.2 Å². The number of aryl methyl sites for hydroxylation is 1. The van der Waals surface area contributed by atoms with Crippen LogP contribution in [-0.4, -0.2) is 20.9 Å². The minimum absolute atomic E-state index is 0.0621. The summed E-state index contributed by atoms with van der Waals surface area (Å²) in [6.07, 6.45) is 0.926. The molecule has 1 N–H and O–H groups in total. The smallest absolute Gasteiger partial charge is 0.264 e. The molecule has 0 unspecified atom stereocenters. The molecule has 0 bridgehead atoms. The van der Waals surface area contributed by atoms with Crippen molar-refractivity contribution in [3.8, 4) is 0 Å². The number of benzene rings is 3. The number of sulfonamides is 1. The van der Waals surface area contributed by atoms with Gasteiger partial charge in [-0.25, -0.2) is 8.42 Å². The van der Waals surface area contributed by atoms with Crippen LogP contribution in [0.5, 0.6) is 0 Å². The number of carbonyl (C=O) groups is 1. The normalized spacial score (nSPS) is 12.2. The van der Waals surface area contributed by atoms with Gasteiger partial charge < -0.3 is 5.32 Å². The number of anilines is 1. The summed E-state index contributed by atoms with van der Waals surface area (Å²) in [6.45, 7) is 3.50. The maximum atomic E-state index is 13.4. The Morgan fingerprint density at radius 3 is 2.12 bits per heavy atom. The molecule has 0 saturated heterocycles. The van der Waals surface area contributed by atoms with Crippen molar-refractivity contribution in [1.29, 1.82) is 0 Å². The van der Waals surface area contributed by atoms with Crippen molar-refractivity contribution in [3.63, 3.8) is 0 Å². The number of nitrogens with one attached hydrogen (secondary N) is 1. The van der Waals surface area contributed by atoms with E-state index in [4.69, 9.17) is 23.2 Å². The van der Waals surface area contributed by atoms with Crippen LogP contribution < -0.4 is 9.62 Å². The van der Waals surface area contributed by atoms with Gasteiger partial charge in [-0.1, -0.05) is 72.6 Å². The zero-order valence-electron chi connectivity index (χ0n) is 17.8. The first-order valence-corrected chi connectivity index (χ1v) is 12.3. The highest BCUT2D eigenvalue weighted by atomic mass is 35.5. The summed E-state index contributed by atoms with van der Waals surface area (Å²) in [5.74, 6) is -0.451. The Kier molecular flexibility index (Phi) is 7.82. The Balaban J connectivity index is 1.89. The average molecular weight is 491 g/mol. The van der Waals surface area contributed by atoms with Crippen molar-refractivity contribution in [2.75, 3.05) is 10.8 Å². The van der Waals surface area contributed by atoms with E-state index in [1.54, 1.807) is 18.2 Å². The first kappa shape index (κ1) is 24.1. The van der Waals surface area contributed by atoms with E-state index in [1.165, 1.54) is 35.9 Å². The molecule has 3 rings (SSSR count). The zero-order chi connectivity index (χ0) is 23.3. The fourth-order valence-electron chi connectivity index (χ4n) is 3.26. The highest BCUT2D eigenvalue weighted by Crippen LogP contribution is 2.29. The molecule has 0 radical (unpaired) electrons. The van der Waals surface area contributed by atoms with Crippen LogP contribution >= 0.6 is 23.2 Å². The van der Waals surface area contributed by atoms with Crippen molar-refractivity contribution in [3.05, 3.63) is 94.0 Å². The molecule has 0 saturated carbocycles. The molecular formula is C24H24Cl2N2O3S. The van der Waals surface area contributed by atoms with Gasteiger partial charge in [0.05, 0.1) is 16.6 Å². The number of carbonyl (C=O) groups excluding carboxylic acids is 1. The monoisotopic (exact) mass is 490 g/mol. The molecule has 5 nitrogen and oxygen atoms in total. The van der Waals surface area contributed by atoms with Crippen LogP contribution in [0, 0.1) is 0 Å². The summed E-state index contributed by atoms with van der Waals surface area (Å²) in [5, 5.41) is 3.41. The van der Waals surface area contributed by atoms with Gasteiger partial charge in [-0.3, -0.25) is 9.10 Å². The first-order valence-electron chi connectivity index (χ1n) is 10.1. The van der Waals surface area contributed by atoms with Crippen molar-refractivity contribution >= 4 is 44.8 Å². The maximum Gasteiger partial charge on any atom is 0.264 e. The largest absolute Gasteiger partial charge is 0.348 e. The standard InChI is InChI=1S/C24H24Cl2N2O3S/c1-3-18-9-11-19(12-10-18)17(2)27-24(29)16-28(22-14-20(25)13-21(26)15-22)32(30,31)23-7-5-4-6-8-23/h4-15,17H,3,16H2,1-2H3,(H,27,29)/t17-/m0/s1. The van der Waals surface area contributed by atoms with Gasteiger partial charge in [0, 0.05) is 10.0 Å². The summed E-state index contributed by atoms with van der Waals surface area (Å²) in [4.78, 5) is 13.0. The number of amides is 1. The Morgan fingerprint density at radius 2 is 1.56 bits per heavy atom. The molecule has 3 aromatic carbocycles. The highest BCUT2D eigenvalue weighted by Gasteiger charge is 2.28. The van der Waals surface area contributed by atoms with Gasteiger partial charge in [-0.2, -0.15) is 0 Å². The third-order valence-electron chi connectivity index (χ3n) is 5.02. The fraction of sp³-hybridized carbons (Fsp3) is 0.208. The van der Waals surface area contributed by atoms with Crippen molar-refractivity contribution < 1.29 is 13.2 Å². The third kappa shape index (κ3) is 5.82. The maximum absolute atomic E-state index is 13.4. The predicted molar refractivity (Wildman–Crippen MR) is 130 cm³/mol. The lowest BCUT2D eigenvalue weighted by Gasteiger charge is -2.25. The second-order valence-corrected chi connectivity index (χ2v) is 10.1. The summed E-state index contributed by atoms with van der Waals surface area (Å²) in [7, 11) is -4.04. The van der Waals surface area contributed by atoms with Gasteiger partial charge in [0.2, 0.25) is 5.91 Å². The molecule has 0 aromatic heterocycles. The molecule has 0 aliphatic rings. The Hall–Kier alpha value is -2.54. The SMILES string of the molecule is CCc1ccc([C@H](C)NC(=O)CN(c2cc(Cl)cc(Cl)c2)S(=O)(=O)c2ccccc2)cc1. The van der Waals surface area contributed by atoms with Gasteiger partial charge in [0.25, 0.3) is 10.0 Å². The molecule has 0 fully saturated rings. The average Bonchev–Trinajstić information content (AvgIpc) is 2.77. The molecule has 0 heterocycles. The Morgan fingerprint density at radius 1 is 0.969 bits per heavy atom. The molecule has 0 spiro atoms. The van der Waals surface area contributed by atoms with Crippen LogP contribution in [-0.2, 0) is 21.2 Å². The van der Waals surface area contributed by atoms with Crippen molar-refractivity contribution in [1.82, 2.24) is 5.32 Å². The zero-order valence-corrected chi connectivity index (χ0v) is 20.1. The van der Waals surface area contributed by atoms with Crippen LogP contribution in [0.15, 0.2) is 77.7 Å². The molecule has 1 atom stereocenters. The van der Waals surface area contributed by atoms with Crippen LogP contribution in [0.25, 0.3) is 0 Å². The molecular weight excluding hydrogens is 467 g/mol. The molecule has 0 aliphatic heterocycles. The fourth-order valence-corrected chi connectivity index (χ4v) is 5.20. The van der Waals surface area contributed by atoms with E-state index in [0.717, 1.165) is 16.3 Å². The van der Waals surface area contributed by atoms with Crippen molar-refractivity contribution in [2.24, 2.45) is 0 Å². The molecule has 3 aromatic rings. The van der Waals surface area contributed by atoms with Gasteiger partial charge >= 0.3 is 0 Å². The van der Waals surface area contributed by atoms with E-state index in [0.29, 0.717) is 0 Å². The van der Waals surface area contributed by atoms with Gasteiger partial charge in [0.15, 0.2) is 0 Å². The summed E-state index contributed by atoms with van der Waals surface area (Å²) in [6, 6.07) is 20.0. The predicted octanol–water partition coefficient (Wildman–Crippen LogP) is 5.63. The minimum atomic E-state index is -4.04. The van der Waals surface area contributed by atoms with Gasteiger partial charge in [-0.15, -0.1) is 0 Å². The Labute approximate surface area is 199 Å². The van der Waals surface area contributed by atoms with Gasteiger partial charge in [-0.05, 0) is 54.8 Å². The van der Waals surface area contributed by atoms with E-state index >= 15 is 0 Å². The third-order valence-corrected chi connectivity index (χ3v) is 7.24. The van der Waals surface area contributed by atoms with Crippen LogP contribution in [0.4, 0.5) is 5.69 Å². The summed E-state index contributed by atoms with van der Waals surface area (Å²) >= 11 is 12.2.